The molecule has 0 fully saturated rings. The van der Waals surface area contributed by atoms with Crippen molar-refractivity contribution >= 4 is 29.2 Å². The summed E-state index contributed by atoms with van der Waals surface area (Å²) in [6.45, 7) is 4.45. The van der Waals surface area contributed by atoms with Crippen LogP contribution in [0.5, 0.6) is 5.75 Å². The van der Waals surface area contributed by atoms with Gasteiger partial charge < -0.3 is 10.1 Å². The SMILES string of the molecule is C=CCSCCNc1ncnc(Cl)c1OC. The first-order valence-electron chi connectivity index (χ1n) is 4.76. The van der Waals surface area contributed by atoms with E-state index in [2.05, 4.69) is 21.9 Å². The molecule has 1 aromatic heterocycles. The van der Waals surface area contributed by atoms with Crippen LogP contribution in [-0.4, -0.2) is 35.1 Å². The molecule has 0 aliphatic carbocycles. The normalized spacial score (nSPS) is 9.88. The monoisotopic (exact) mass is 259 g/mol. The molecule has 0 bridgehead atoms. The van der Waals surface area contributed by atoms with Crippen LogP contribution < -0.4 is 10.1 Å². The van der Waals surface area contributed by atoms with Crippen molar-refractivity contribution in [3.8, 4) is 5.75 Å². The lowest BCUT2D eigenvalue weighted by atomic mass is 10.5. The molecule has 0 aliphatic rings. The third-order valence-corrected chi connectivity index (χ3v) is 2.97. The molecule has 0 amide bonds. The van der Waals surface area contributed by atoms with E-state index in [0.717, 1.165) is 18.1 Å². The van der Waals surface area contributed by atoms with Crippen LogP contribution in [0.1, 0.15) is 0 Å². The average molecular weight is 260 g/mol. The number of halogens is 1. The minimum absolute atomic E-state index is 0.318. The molecule has 88 valence electrons. The second kappa shape index (κ2) is 7.35. The highest BCUT2D eigenvalue weighted by molar-refractivity contribution is 7.99. The van der Waals surface area contributed by atoms with E-state index in [-0.39, 0.29) is 0 Å². The number of nitrogens with one attached hydrogen (secondary N) is 1. The van der Waals surface area contributed by atoms with E-state index in [1.807, 2.05) is 6.08 Å². The number of anilines is 1. The Hall–Kier alpha value is -0.940. The molecule has 0 aliphatic heterocycles. The van der Waals surface area contributed by atoms with Gasteiger partial charge in [0.05, 0.1) is 7.11 Å². The molecule has 1 N–H and O–H groups in total. The molecule has 1 rings (SSSR count). The van der Waals surface area contributed by atoms with Gasteiger partial charge in [-0.05, 0) is 0 Å². The van der Waals surface area contributed by atoms with Crippen molar-refractivity contribution in [3.63, 3.8) is 0 Å². The molecule has 0 unspecified atom stereocenters. The minimum Gasteiger partial charge on any atom is -0.490 e. The van der Waals surface area contributed by atoms with Crippen LogP contribution in [0.2, 0.25) is 5.15 Å². The van der Waals surface area contributed by atoms with Gasteiger partial charge in [-0.15, -0.1) is 6.58 Å². The third kappa shape index (κ3) is 3.90. The topological polar surface area (TPSA) is 47.0 Å². The van der Waals surface area contributed by atoms with Crippen molar-refractivity contribution in [1.82, 2.24) is 9.97 Å². The van der Waals surface area contributed by atoms with Gasteiger partial charge in [0.1, 0.15) is 6.33 Å². The summed E-state index contributed by atoms with van der Waals surface area (Å²) in [5.74, 6) is 3.03. The second-order valence-corrected chi connectivity index (χ2v) is 4.34. The molecular formula is C10H14ClN3OS. The van der Waals surface area contributed by atoms with Crippen LogP contribution in [0.4, 0.5) is 5.82 Å². The third-order valence-electron chi connectivity index (χ3n) is 1.74. The van der Waals surface area contributed by atoms with Gasteiger partial charge in [0.2, 0.25) is 0 Å². The zero-order chi connectivity index (χ0) is 11.8. The maximum Gasteiger partial charge on any atom is 0.198 e. The number of methoxy groups -OCH3 is 1. The van der Waals surface area contributed by atoms with Crippen molar-refractivity contribution < 1.29 is 4.74 Å². The van der Waals surface area contributed by atoms with E-state index in [0.29, 0.717) is 16.7 Å². The first-order valence-corrected chi connectivity index (χ1v) is 6.30. The number of nitrogens with zero attached hydrogens (tertiary/aromatic N) is 2. The highest BCUT2D eigenvalue weighted by atomic mass is 35.5. The van der Waals surface area contributed by atoms with Crippen LogP contribution in [0.3, 0.4) is 0 Å². The van der Waals surface area contributed by atoms with Gasteiger partial charge in [-0.25, -0.2) is 9.97 Å². The lowest BCUT2D eigenvalue weighted by molar-refractivity contribution is 0.413. The number of hydrogen-bond donors (Lipinski definition) is 1. The Kier molecular flexibility index (Phi) is 6.03. The zero-order valence-corrected chi connectivity index (χ0v) is 10.6. The molecule has 0 aromatic carbocycles. The van der Waals surface area contributed by atoms with Crippen LogP contribution in [0.25, 0.3) is 0 Å². The summed E-state index contributed by atoms with van der Waals surface area (Å²) in [7, 11) is 1.54. The van der Waals surface area contributed by atoms with Gasteiger partial charge in [0.15, 0.2) is 16.7 Å². The summed E-state index contributed by atoms with van der Waals surface area (Å²) < 4.78 is 5.11. The maximum atomic E-state index is 5.86. The molecular weight excluding hydrogens is 246 g/mol. The zero-order valence-electron chi connectivity index (χ0n) is 9.07. The molecule has 0 saturated heterocycles. The van der Waals surface area contributed by atoms with E-state index in [1.165, 1.54) is 6.33 Å². The molecule has 6 heteroatoms. The largest absolute Gasteiger partial charge is 0.490 e. The summed E-state index contributed by atoms with van der Waals surface area (Å²) >= 11 is 7.65. The number of thioether (sulfide) groups is 1. The number of rotatable bonds is 7. The Morgan fingerprint density at radius 3 is 3.12 bits per heavy atom. The molecule has 16 heavy (non-hydrogen) atoms. The highest BCUT2D eigenvalue weighted by Gasteiger charge is 2.08. The lowest BCUT2D eigenvalue weighted by Gasteiger charge is -2.09. The highest BCUT2D eigenvalue weighted by Crippen LogP contribution is 2.28. The van der Waals surface area contributed by atoms with Gasteiger partial charge in [-0.2, -0.15) is 11.8 Å². The summed E-state index contributed by atoms with van der Waals surface area (Å²) in [6, 6.07) is 0. The number of aromatic nitrogens is 2. The Labute approximate surface area is 104 Å². The number of hydrogen-bond acceptors (Lipinski definition) is 5. The Morgan fingerprint density at radius 1 is 1.62 bits per heavy atom. The first kappa shape index (κ1) is 13.1. The van der Waals surface area contributed by atoms with E-state index in [4.69, 9.17) is 16.3 Å². The molecule has 0 saturated carbocycles. The van der Waals surface area contributed by atoms with Crippen LogP contribution in [0, 0.1) is 0 Å². The average Bonchev–Trinajstić information content (AvgIpc) is 2.29. The van der Waals surface area contributed by atoms with Crippen molar-refractivity contribution in [2.45, 2.75) is 0 Å². The fourth-order valence-corrected chi connectivity index (χ4v) is 1.86. The van der Waals surface area contributed by atoms with E-state index in [1.54, 1.807) is 18.9 Å². The van der Waals surface area contributed by atoms with Crippen molar-refractivity contribution in [1.29, 1.82) is 0 Å². The van der Waals surface area contributed by atoms with Gasteiger partial charge in [-0.1, -0.05) is 17.7 Å². The molecule has 0 atom stereocenters. The Balaban J connectivity index is 2.47. The fourth-order valence-electron chi connectivity index (χ4n) is 1.07. The van der Waals surface area contributed by atoms with E-state index in [9.17, 15) is 0 Å². The summed E-state index contributed by atoms with van der Waals surface area (Å²) in [6.07, 6.45) is 3.29. The van der Waals surface area contributed by atoms with E-state index < -0.39 is 0 Å². The summed E-state index contributed by atoms with van der Waals surface area (Å²) in [5, 5.41) is 3.47. The number of ether oxygens (including phenoxy) is 1. The van der Waals surface area contributed by atoms with Crippen molar-refractivity contribution in [2.24, 2.45) is 0 Å². The van der Waals surface area contributed by atoms with Gasteiger partial charge in [-0.3, -0.25) is 0 Å². The summed E-state index contributed by atoms with van der Waals surface area (Å²) in [4.78, 5) is 7.91. The fraction of sp³-hybridized carbons (Fsp3) is 0.400. The molecule has 4 nitrogen and oxygen atoms in total. The lowest BCUT2D eigenvalue weighted by Crippen LogP contribution is -2.08. The van der Waals surface area contributed by atoms with Crippen LogP contribution in [-0.2, 0) is 0 Å². The van der Waals surface area contributed by atoms with Crippen LogP contribution >= 0.6 is 23.4 Å². The molecule has 1 heterocycles. The van der Waals surface area contributed by atoms with Gasteiger partial charge in [0.25, 0.3) is 0 Å². The van der Waals surface area contributed by atoms with Crippen molar-refractivity contribution in [3.05, 3.63) is 24.1 Å². The first-order chi connectivity index (χ1) is 7.79. The predicted molar refractivity (Wildman–Crippen MR) is 69.6 cm³/mol. The Morgan fingerprint density at radius 2 is 2.44 bits per heavy atom. The predicted octanol–water partition coefficient (Wildman–Crippen LogP) is 2.47. The van der Waals surface area contributed by atoms with E-state index >= 15 is 0 Å². The smallest absolute Gasteiger partial charge is 0.198 e. The summed E-state index contributed by atoms with van der Waals surface area (Å²) in [5.41, 5.74) is 0. The molecule has 0 radical (unpaired) electrons. The Bertz CT molecular complexity index is 349. The van der Waals surface area contributed by atoms with Crippen LogP contribution in [0.15, 0.2) is 19.0 Å². The minimum atomic E-state index is 0.318. The second-order valence-electron chi connectivity index (χ2n) is 2.84. The van der Waals surface area contributed by atoms with Gasteiger partial charge in [0, 0.05) is 18.1 Å². The molecule has 1 aromatic rings. The standard InChI is InChI=1S/C10H14ClN3OS/c1-3-5-16-6-4-12-10-8(15-2)9(11)13-7-14-10/h3,7H,1,4-6H2,2H3,(H,12,13,14). The van der Waals surface area contributed by atoms with Gasteiger partial charge >= 0.3 is 0 Å². The quantitative estimate of drug-likeness (QED) is 0.463. The molecule has 0 spiro atoms. The van der Waals surface area contributed by atoms with Crippen molar-refractivity contribution in [2.75, 3.05) is 30.5 Å². The maximum absolute atomic E-state index is 5.86.